The molecule has 0 bridgehead atoms. The predicted octanol–water partition coefficient (Wildman–Crippen LogP) is 2.15. The second-order valence-electron chi connectivity index (χ2n) is 5.68. The molecule has 1 aromatic rings. The molecule has 136 valence electrons. The van der Waals surface area contributed by atoms with E-state index >= 15 is 0 Å². The molecule has 0 aliphatic heterocycles. The molecular formula is C23H17FIO2-. The van der Waals surface area contributed by atoms with Gasteiger partial charge < -0.3 is 0 Å². The summed E-state index contributed by atoms with van der Waals surface area (Å²) in [5, 5.41) is 9.57. The van der Waals surface area contributed by atoms with E-state index in [2.05, 4.69) is 12.2 Å². The van der Waals surface area contributed by atoms with Gasteiger partial charge in [0.1, 0.15) is 0 Å². The molecule has 0 spiro atoms. The molecule has 4 heteroatoms. The molecule has 1 N–H and O–H groups in total. The molecule has 27 heavy (non-hydrogen) atoms. The third-order valence-corrected chi connectivity index (χ3v) is 6.38. The van der Waals surface area contributed by atoms with Crippen molar-refractivity contribution in [2.45, 2.75) is 0 Å². The van der Waals surface area contributed by atoms with Crippen molar-refractivity contribution in [3.63, 3.8) is 0 Å². The number of phenolic OH excluding ortho intramolecular Hbond substituents is 1. The van der Waals surface area contributed by atoms with Crippen LogP contribution in [0.15, 0.2) is 106 Å². The molecule has 0 saturated carbocycles. The molecule has 0 heterocycles. The van der Waals surface area contributed by atoms with Gasteiger partial charge in [-0.15, -0.1) is 0 Å². The molecule has 1 aromatic carbocycles. The Hall–Kier alpha value is -2.73. The summed E-state index contributed by atoms with van der Waals surface area (Å²) in [6.45, 7) is 0. The number of hydrogen-bond donors (Lipinski definition) is 1. The normalized spacial score (nSPS) is 27.8. The molecule has 0 aromatic heterocycles. The van der Waals surface area contributed by atoms with Crippen molar-refractivity contribution >= 4 is 6.29 Å². The first-order chi connectivity index (χ1) is 13.2. The van der Waals surface area contributed by atoms with Crippen LogP contribution < -0.4 is 21.2 Å². The first-order valence-corrected chi connectivity index (χ1v) is 10.4. The number of carbonyl (C=O) groups is 1. The van der Waals surface area contributed by atoms with Gasteiger partial charge in [0.25, 0.3) is 0 Å². The third-order valence-electron chi connectivity index (χ3n) is 3.80. The van der Waals surface area contributed by atoms with Crippen LogP contribution in [0.2, 0.25) is 0 Å². The number of rotatable bonds is 4. The molecule has 2 aliphatic rings. The van der Waals surface area contributed by atoms with E-state index in [1.165, 1.54) is 6.07 Å². The Labute approximate surface area is 168 Å². The number of phenols is 1. The number of allylic oxidation sites excluding steroid dienone is 16. The zero-order valence-electron chi connectivity index (χ0n) is 14.3. The average Bonchev–Trinajstić information content (AvgIpc) is 2.61. The summed E-state index contributed by atoms with van der Waals surface area (Å²) in [6.07, 6.45) is 26.5. The first-order valence-electron chi connectivity index (χ1n) is 8.29. The van der Waals surface area contributed by atoms with Crippen molar-refractivity contribution < 1.29 is 35.5 Å². The van der Waals surface area contributed by atoms with Gasteiger partial charge in [0.2, 0.25) is 0 Å². The van der Waals surface area contributed by atoms with Gasteiger partial charge in [-0.25, -0.2) is 0 Å². The minimum atomic E-state index is -0.759. The van der Waals surface area contributed by atoms with Crippen molar-refractivity contribution in [2.75, 3.05) is 0 Å². The van der Waals surface area contributed by atoms with Crippen molar-refractivity contribution in [2.24, 2.45) is 0 Å². The number of hydrogen-bond acceptors (Lipinski definition) is 2. The molecule has 0 fully saturated rings. The molecule has 0 atom stereocenters. The molecule has 0 unspecified atom stereocenters. The zero-order chi connectivity index (χ0) is 19.1. The quantitative estimate of drug-likeness (QED) is 0.540. The van der Waals surface area contributed by atoms with Crippen molar-refractivity contribution in [1.29, 1.82) is 0 Å². The van der Waals surface area contributed by atoms with Crippen LogP contribution in [0, 0.1) is 9.39 Å². The molecule has 0 saturated heterocycles. The summed E-state index contributed by atoms with van der Waals surface area (Å²) in [5.41, 5.74) is 2.15. The number of aldehydes is 1. The second-order valence-corrected chi connectivity index (χ2v) is 8.71. The summed E-state index contributed by atoms with van der Waals surface area (Å²) in [7, 11) is 0. The fourth-order valence-electron chi connectivity index (χ4n) is 2.46. The first kappa shape index (κ1) is 19.0. The predicted molar refractivity (Wildman–Crippen MR) is 102 cm³/mol. The number of carbonyl (C=O) groups excluding carboxylic acids is 1. The van der Waals surface area contributed by atoms with Gasteiger partial charge in [0.05, 0.1) is 0 Å². The Balaban J connectivity index is 1.89. The van der Waals surface area contributed by atoms with Crippen LogP contribution >= 0.6 is 0 Å². The minimum absolute atomic E-state index is 0.0130. The summed E-state index contributed by atoms with van der Waals surface area (Å²) < 4.78 is 15.6. The average molecular weight is 471 g/mol. The van der Waals surface area contributed by atoms with Crippen LogP contribution in [0.4, 0.5) is 4.39 Å². The Kier molecular flexibility index (Phi) is 6.54. The Morgan fingerprint density at radius 1 is 0.815 bits per heavy atom. The van der Waals surface area contributed by atoms with Crippen LogP contribution in [0.25, 0.3) is 0 Å². The fourth-order valence-corrected chi connectivity index (χ4v) is 4.84. The molecule has 0 radical (unpaired) electrons. The van der Waals surface area contributed by atoms with Gasteiger partial charge in [-0.1, -0.05) is 0 Å². The topological polar surface area (TPSA) is 37.3 Å². The molecule has 3 rings (SSSR count). The maximum atomic E-state index is 13.8. The van der Waals surface area contributed by atoms with Crippen LogP contribution in [0.5, 0.6) is 5.75 Å². The van der Waals surface area contributed by atoms with Crippen molar-refractivity contribution in [1.82, 2.24) is 0 Å². The Bertz CT molecular complexity index is 986. The summed E-state index contributed by atoms with van der Waals surface area (Å²) >= 11 is -0.701. The van der Waals surface area contributed by atoms with Gasteiger partial charge in [0.15, 0.2) is 0 Å². The zero-order valence-corrected chi connectivity index (χ0v) is 16.5. The second kappa shape index (κ2) is 9.28. The van der Waals surface area contributed by atoms with Crippen LogP contribution in [-0.4, -0.2) is 11.4 Å². The van der Waals surface area contributed by atoms with Crippen LogP contribution in [0.1, 0.15) is 10.4 Å². The van der Waals surface area contributed by atoms with E-state index in [0.29, 0.717) is 6.29 Å². The molecular weight excluding hydrogens is 454 g/mol. The Morgan fingerprint density at radius 3 is 2.30 bits per heavy atom. The number of benzene rings is 1. The van der Waals surface area contributed by atoms with Gasteiger partial charge >= 0.3 is 168 Å². The third kappa shape index (κ3) is 5.14. The van der Waals surface area contributed by atoms with E-state index < -0.39 is 32.8 Å². The number of aromatic hydroxyl groups is 1. The number of halogens is 2. The van der Waals surface area contributed by atoms with E-state index in [0.717, 1.165) is 18.3 Å². The van der Waals surface area contributed by atoms with Gasteiger partial charge in [-0.3, -0.25) is 0 Å². The Morgan fingerprint density at radius 2 is 1.48 bits per heavy atom. The monoisotopic (exact) mass is 471 g/mol. The van der Waals surface area contributed by atoms with E-state index in [1.807, 2.05) is 66.8 Å². The van der Waals surface area contributed by atoms with E-state index in [1.54, 1.807) is 6.07 Å². The van der Waals surface area contributed by atoms with Gasteiger partial charge in [0, 0.05) is 0 Å². The van der Waals surface area contributed by atoms with Crippen LogP contribution in [-0.2, 0) is 0 Å². The fraction of sp³-hybridized carbons (Fsp3) is 0. The summed E-state index contributed by atoms with van der Waals surface area (Å²) in [6, 6.07) is 2.87. The standard InChI is InChI=1S/C23H17FIO2/c24-22-15-21(14-19(16-26)23(22)27)25-20-11-7-6-10-18(12-13-20)17-8-4-2-1-3-5-9-17/h1-16,27H/q-1/b2-1-,3-1?,4-2?,5-3-,7-6?,8-4-,9-5?,10-6-,11-7-,13-12?,17-8?,17-9+,18-10?,18-12+,20-11?,20-13+. The van der Waals surface area contributed by atoms with Crippen LogP contribution in [0.3, 0.4) is 0 Å². The molecule has 2 aliphatic carbocycles. The maximum absolute atomic E-state index is 13.8. The van der Waals surface area contributed by atoms with E-state index in [9.17, 15) is 14.3 Å². The van der Waals surface area contributed by atoms with Gasteiger partial charge in [-0.05, 0) is 0 Å². The summed E-state index contributed by atoms with van der Waals surface area (Å²) in [4.78, 5) is 11.0. The van der Waals surface area contributed by atoms with Crippen molar-refractivity contribution in [3.05, 3.63) is 121 Å². The summed E-state index contributed by atoms with van der Waals surface area (Å²) in [5.74, 6) is -1.35. The van der Waals surface area contributed by atoms with E-state index in [-0.39, 0.29) is 5.56 Å². The molecule has 0 amide bonds. The van der Waals surface area contributed by atoms with E-state index in [4.69, 9.17) is 0 Å². The van der Waals surface area contributed by atoms with Crippen molar-refractivity contribution in [3.8, 4) is 5.75 Å². The van der Waals surface area contributed by atoms with Gasteiger partial charge in [-0.2, -0.15) is 0 Å². The SMILES string of the molecule is O=Cc1cc([I-]C2=C/C=C(C3=C/C=C\C=C/C=C\3)\C=C/C=C\2)cc(F)c1O. The molecule has 2 nitrogen and oxygen atoms in total.